The third-order valence-corrected chi connectivity index (χ3v) is 5.69. The van der Waals surface area contributed by atoms with Crippen LogP contribution >= 0.6 is 11.6 Å². The van der Waals surface area contributed by atoms with Gasteiger partial charge < -0.3 is 25.0 Å². The fourth-order valence-electron chi connectivity index (χ4n) is 3.57. The maximum Gasteiger partial charge on any atom is 0.302 e. The van der Waals surface area contributed by atoms with E-state index >= 15 is 0 Å². The number of amides is 1. The van der Waals surface area contributed by atoms with Crippen LogP contribution in [0.1, 0.15) is 26.7 Å². The molecule has 1 aromatic heterocycles. The molecule has 9 nitrogen and oxygen atoms in total. The second kappa shape index (κ2) is 14.3. The highest BCUT2D eigenvalue weighted by Gasteiger charge is 2.13. The monoisotopic (exact) mass is 543 g/mol. The molecule has 0 bridgehead atoms. The average molecular weight is 544 g/mol. The smallest absolute Gasteiger partial charge is 0.302 e. The zero-order chi connectivity index (χ0) is 27.5. The molecule has 0 aliphatic rings. The van der Waals surface area contributed by atoms with Crippen LogP contribution in [-0.4, -0.2) is 60.1 Å². The largest absolute Gasteiger partial charge is 0.492 e. The Kier molecular flexibility index (Phi) is 10.8. The zero-order valence-corrected chi connectivity index (χ0v) is 22.3. The van der Waals surface area contributed by atoms with Gasteiger partial charge in [0.25, 0.3) is 0 Å². The summed E-state index contributed by atoms with van der Waals surface area (Å²) in [6.45, 7) is 5.45. The first kappa shape index (κ1) is 28.8. The lowest BCUT2D eigenvalue weighted by atomic mass is 10.1. The summed E-state index contributed by atoms with van der Waals surface area (Å²) in [6.07, 6.45) is 6.30. The van der Waals surface area contributed by atoms with Crippen molar-refractivity contribution in [3.8, 4) is 5.75 Å². The Hall–Kier alpha value is -3.76. The van der Waals surface area contributed by atoms with Crippen LogP contribution < -0.4 is 15.4 Å². The highest BCUT2D eigenvalue weighted by molar-refractivity contribution is 6.31. The summed E-state index contributed by atoms with van der Waals surface area (Å²) in [5, 5.41) is 6.61. The summed E-state index contributed by atoms with van der Waals surface area (Å²) >= 11 is 5.91. The number of nitrogens with zero attached hydrogens (tertiary/aromatic N) is 3. The van der Waals surface area contributed by atoms with Gasteiger partial charge in [-0.15, -0.1) is 0 Å². The molecular weight excluding hydrogens is 513 g/mol. The summed E-state index contributed by atoms with van der Waals surface area (Å²) in [5.74, 6) is -0.174. The number of aromatic nitrogens is 2. The molecule has 0 fully saturated rings. The molecule has 0 saturated carbocycles. The Bertz CT molecular complexity index is 1300. The van der Waals surface area contributed by atoms with E-state index in [0.717, 1.165) is 19.4 Å². The molecule has 0 aliphatic heterocycles. The van der Waals surface area contributed by atoms with Gasteiger partial charge >= 0.3 is 5.97 Å². The van der Waals surface area contributed by atoms with Crippen molar-refractivity contribution < 1.29 is 23.5 Å². The number of fused-ring (bicyclic) bond motifs is 1. The third-order valence-electron chi connectivity index (χ3n) is 5.40. The van der Waals surface area contributed by atoms with Gasteiger partial charge in [-0.05, 0) is 57.6 Å². The van der Waals surface area contributed by atoms with Gasteiger partial charge in [-0.1, -0.05) is 17.7 Å². The topological polar surface area (TPSA) is 106 Å². The Balaban J connectivity index is 1.69. The first-order valence-electron chi connectivity index (χ1n) is 12.2. The summed E-state index contributed by atoms with van der Waals surface area (Å²) < 4.78 is 24.2. The fourth-order valence-corrected chi connectivity index (χ4v) is 3.75. The molecule has 1 amide bonds. The van der Waals surface area contributed by atoms with Crippen LogP contribution in [0.5, 0.6) is 5.75 Å². The number of carbonyl (C=O) groups is 2. The molecule has 3 aromatic rings. The second-order valence-electron chi connectivity index (χ2n) is 8.48. The van der Waals surface area contributed by atoms with E-state index in [-0.39, 0.29) is 16.9 Å². The van der Waals surface area contributed by atoms with Crippen molar-refractivity contribution in [1.82, 2.24) is 14.9 Å². The minimum Gasteiger partial charge on any atom is -0.492 e. The maximum atomic E-state index is 13.6. The molecule has 11 heteroatoms. The van der Waals surface area contributed by atoms with Gasteiger partial charge in [0, 0.05) is 36.7 Å². The minimum atomic E-state index is -0.519. The van der Waals surface area contributed by atoms with Crippen molar-refractivity contribution in [2.75, 3.05) is 44.0 Å². The van der Waals surface area contributed by atoms with E-state index in [2.05, 4.69) is 25.5 Å². The Morgan fingerprint density at radius 1 is 1.18 bits per heavy atom. The molecule has 1 heterocycles. The van der Waals surface area contributed by atoms with Gasteiger partial charge in [0.2, 0.25) is 5.91 Å². The summed E-state index contributed by atoms with van der Waals surface area (Å²) in [6, 6.07) is 7.73. The number of esters is 1. The van der Waals surface area contributed by atoms with Crippen LogP contribution in [0.3, 0.4) is 0 Å². The number of likely N-dealkylation sites (N-methyl/N-ethyl adjacent to an activating group) is 1. The molecule has 0 radical (unpaired) electrons. The number of unbranched alkanes of at least 4 members (excludes halogenated alkanes) is 1. The number of anilines is 3. The number of halogens is 2. The van der Waals surface area contributed by atoms with Crippen molar-refractivity contribution in [3.63, 3.8) is 0 Å². The predicted octanol–water partition coefficient (Wildman–Crippen LogP) is 5.33. The van der Waals surface area contributed by atoms with Gasteiger partial charge in [-0.25, -0.2) is 14.4 Å². The van der Waals surface area contributed by atoms with Crippen molar-refractivity contribution >= 4 is 51.6 Å². The average Bonchev–Trinajstić information content (AvgIpc) is 2.87. The van der Waals surface area contributed by atoms with Crippen LogP contribution in [0.4, 0.5) is 21.6 Å². The van der Waals surface area contributed by atoms with Crippen LogP contribution in [0.15, 0.2) is 48.8 Å². The molecule has 2 N–H and O–H groups in total. The highest BCUT2D eigenvalue weighted by Crippen LogP contribution is 2.33. The van der Waals surface area contributed by atoms with Gasteiger partial charge in [0.1, 0.15) is 23.7 Å². The van der Waals surface area contributed by atoms with Crippen molar-refractivity contribution in [2.24, 2.45) is 0 Å². The van der Waals surface area contributed by atoms with Crippen molar-refractivity contribution in [3.05, 3.63) is 59.7 Å². The number of hydrogen-bond donors (Lipinski definition) is 2. The number of hydrogen-bond acceptors (Lipinski definition) is 8. The molecule has 0 atom stereocenters. The number of nitrogens with one attached hydrogen (secondary N) is 2. The van der Waals surface area contributed by atoms with E-state index < -0.39 is 5.82 Å². The molecule has 0 saturated heterocycles. The van der Waals surface area contributed by atoms with E-state index in [1.165, 1.54) is 31.5 Å². The van der Waals surface area contributed by atoms with Crippen molar-refractivity contribution in [2.45, 2.75) is 26.7 Å². The highest BCUT2D eigenvalue weighted by atomic mass is 35.5. The van der Waals surface area contributed by atoms with Crippen LogP contribution in [-0.2, 0) is 14.3 Å². The molecule has 3 rings (SSSR count). The summed E-state index contributed by atoms with van der Waals surface area (Å²) in [4.78, 5) is 34.2. The molecule has 0 unspecified atom stereocenters. The van der Waals surface area contributed by atoms with Crippen LogP contribution in [0, 0.1) is 5.82 Å². The first-order chi connectivity index (χ1) is 18.3. The molecule has 0 aliphatic carbocycles. The van der Waals surface area contributed by atoms with Gasteiger partial charge in [-0.3, -0.25) is 9.59 Å². The number of ether oxygens (including phenoxy) is 2. The quantitative estimate of drug-likeness (QED) is 0.169. The standard InChI is InChI=1S/C27H31ClFN5O4/c1-4-37-25-16-23-20(27(31-17-30-23)32-19-9-10-22(29)21(28)14-19)15-24(25)33-26(36)8-7-12-34(3)11-5-6-13-38-18(2)35/h7-10,14-17H,4-6,11-13H2,1-3H3,(H,33,36)(H,30,31,32)/b8-7+. The van der Waals surface area contributed by atoms with Crippen LogP contribution in [0.2, 0.25) is 5.02 Å². The second-order valence-corrected chi connectivity index (χ2v) is 8.88. The van der Waals surface area contributed by atoms with E-state index in [1.807, 2.05) is 14.0 Å². The molecule has 0 spiro atoms. The normalized spacial score (nSPS) is 11.2. The third kappa shape index (κ3) is 8.67. The summed E-state index contributed by atoms with van der Waals surface area (Å²) in [5.41, 5.74) is 1.61. The van der Waals surface area contributed by atoms with Gasteiger partial charge in [-0.2, -0.15) is 0 Å². The Labute approximate surface area is 226 Å². The number of benzene rings is 2. The van der Waals surface area contributed by atoms with Crippen molar-refractivity contribution in [1.29, 1.82) is 0 Å². The molecule has 2 aromatic carbocycles. The SMILES string of the molecule is CCOc1cc2ncnc(Nc3ccc(F)c(Cl)c3)c2cc1NC(=O)/C=C/CN(C)CCCCOC(C)=O. The number of rotatable bonds is 13. The molecular formula is C27H31ClFN5O4. The van der Waals surface area contributed by atoms with Crippen LogP contribution in [0.25, 0.3) is 10.9 Å². The van der Waals surface area contributed by atoms with Gasteiger partial charge in [0.05, 0.1) is 29.4 Å². The first-order valence-corrected chi connectivity index (χ1v) is 12.6. The lowest BCUT2D eigenvalue weighted by Crippen LogP contribution is -2.20. The van der Waals surface area contributed by atoms with E-state index in [0.29, 0.717) is 53.6 Å². The van der Waals surface area contributed by atoms with E-state index in [4.69, 9.17) is 21.1 Å². The number of carbonyl (C=O) groups excluding carboxylic acids is 2. The van der Waals surface area contributed by atoms with E-state index in [9.17, 15) is 14.0 Å². The Morgan fingerprint density at radius 3 is 2.74 bits per heavy atom. The molecule has 38 heavy (non-hydrogen) atoms. The zero-order valence-electron chi connectivity index (χ0n) is 21.6. The lowest BCUT2D eigenvalue weighted by molar-refractivity contribution is -0.141. The van der Waals surface area contributed by atoms with E-state index in [1.54, 1.807) is 24.3 Å². The lowest BCUT2D eigenvalue weighted by Gasteiger charge is -2.15. The van der Waals surface area contributed by atoms with Gasteiger partial charge in [0.15, 0.2) is 0 Å². The maximum absolute atomic E-state index is 13.6. The molecule has 202 valence electrons. The predicted molar refractivity (Wildman–Crippen MR) is 147 cm³/mol. The Morgan fingerprint density at radius 2 is 2.00 bits per heavy atom. The minimum absolute atomic E-state index is 0.0145. The fraction of sp³-hybridized carbons (Fsp3) is 0.333. The summed E-state index contributed by atoms with van der Waals surface area (Å²) in [7, 11) is 1.95.